The molecular weight excluding hydrogens is 574 g/mol. The van der Waals surface area contributed by atoms with Crippen molar-refractivity contribution in [2.45, 2.75) is 19.6 Å². The molecule has 0 bridgehead atoms. The Kier molecular flexibility index (Phi) is 8.35. The highest BCUT2D eigenvalue weighted by atomic mass is 32.1. The Morgan fingerprint density at radius 1 is 1.21 bits per heavy atom. The summed E-state index contributed by atoms with van der Waals surface area (Å²) in [5.41, 5.74) is 2.62. The number of fused-ring (bicyclic) bond motifs is 1. The number of rotatable bonds is 12. The third-order valence-electron chi connectivity index (χ3n) is 6.83. The summed E-state index contributed by atoms with van der Waals surface area (Å²) in [6.45, 7) is 4.32. The lowest BCUT2D eigenvalue weighted by Crippen LogP contribution is -2.39. The maximum atomic E-state index is 13.4. The monoisotopic (exact) mass is 603 g/mol. The molecule has 1 amide bonds. The average molecular weight is 604 g/mol. The number of nitrogens with zero attached hydrogens (tertiary/aromatic N) is 7. The van der Waals surface area contributed by atoms with E-state index in [2.05, 4.69) is 35.8 Å². The predicted octanol–water partition coefficient (Wildman–Crippen LogP) is 2.93. The van der Waals surface area contributed by atoms with Gasteiger partial charge in [0.15, 0.2) is 0 Å². The number of anilines is 1. The largest absolute Gasteiger partial charge is 0.494 e. The van der Waals surface area contributed by atoms with Gasteiger partial charge in [-0.15, -0.1) is 11.3 Å². The molecule has 1 aliphatic heterocycles. The topological polar surface area (TPSA) is 162 Å². The number of hydrogen-bond acceptors (Lipinski definition) is 12. The molecule has 5 aromatic rings. The van der Waals surface area contributed by atoms with Crippen LogP contribution in [0.5, 0.6) is 5.75 Å². The molecule has 43 heavy (non-hydrogen) atoms. The highest BCUT2D eigenvalue weighted by molar-refractivity contribution is 7.10. The number of amides is 1. The Hall–Kier alpha value is -4.73. The lowest BCUT2D eigenvalue weighted by atomic mass is 10.1. The van der Waals surface area contributed by atoms with Crippen LogP contribution >= 0.6 is 11.3 Å². The van der Waals surface area contributed by atoms with E-state index in [-0.39, 0.29) is 12.1 Å². The van der Waals surface area contributed by atoms with Crippen LogP contribution in [0.25, 0.3) is 28.0 Å². The Labute approximate surface area is 250 Å². The van der Waals surface area contributed by atoms with Crippen molar-refractivity contribution in [1.82, 2.24) is 40.5 Å². The van der Waals surface area contributed by atoms with Gasteiger partial charge in [-0.25, -0.2) is 9.97 Å². The summed E-state index contributed by atoms with van der Waals surface area (Å²) in [7, 11) is 1.48. The number of Topliss-reactive ketones (excluding diaryl/α,β-unsaturated/α-hetero) is 1. The van der Waals surface area contributed by atoms with Gasteiger partial charge in [0.25, 0.3) is 11.7 Å². The minimum atomic E-state index is -0.744. The van der Waals surface area contributed by atoms with Crippen LogP contribution < -0.4 is 15.0 Å². The Morgan fingerprint density at radius 3 is 2.79 bits per heavy atom. The van der Waals surface area contributed by atoms with E-state index in [1.807, 2.05) is 47.5 Å². The summed E-state index contributed by atoms with van der Waals surface area (Å²) in [6, 6.07) is 9.55. The first-order chi connectivity index (χ1) is 21.1. The molecular formula is C28H29N9O5S. The predicted molar refractivity (Wildman–Crippen MR) is 157 cm³/mol. The Morgan fingerprint density at radius 2 is 2.02 bits per heavy atom. The number of H-pyrrole nitrogens is 1. The van der Waals surface area contributed by atoms with Crippen molar-refractivity contribution in [3.05, 3.63) is 58.7 Å². The lowest BCUT2D eigenvalue weighted by molar-refractivity contribution is -0.116. The van der Waals surface area contributed by atoms with Gasteiger partial charge in [0.05, 0.1) is 48.7 Å². The van der Waals surface area contributed by atoms with Gasteiger partial charge in [-0.05, 0) is 29.0 Å². The highest BCUT2D eigenvalue weighted by Gasteiger charge is 2.27. The number of methoxy groups -OCH3 is 1. The summed E-state index contributed by atoms with van der Waals surface area (Å²) in [5, 5.41) is 17.9. The van der Waals surface area contributed by atoms with Crippen molar-refractivity contribution in [2.24, 2.45) is 0 Å². The molecule has 1 fully saturated rings. The van der Waals surface area contributed by atoms with Gasteiger partial charge in [0.2, 0.25) is 12.2 Å². The second-order valence-electron chi connectivity index (χ2n) is 9.57. The summed E-state index contributed by atoms with van der Waals surface area (Å²) in [5.74, 6) is -0.543. The SMILES string of the molecule is CCCN(CCNC(=O)C(=O)c1c[nH]c2c(-c3csc(C4OCCO4)n3)ncc(OC)c12)c1nnnn1-c1ccccc1. The van der Waals surface area contributed by atoms with Crippen LogP contribution in [0.3, 0.4) is 0 Å². The normalized spacial score (nSPS) is 13.4. The molecule has 222 valence electrons. The molecule has 0 spiro atoms. The van der Waals surface area contributed by atoms with Gasteiger partial charge in [-0.1, -0.05) is 30.2 Å². The molecule has 1 aromatic carbocycles. The molecule has 14 nitrogen and oxygen atoms in total. The average Bonchev–Trinajstić information content (AvgIpc) is 3.86. The maximum absolute atomic E-state index is 13.4. The van der Waals surface area contributed by atoms with E-state index in [9.17, 15) is 9.59 Å². The van der Waals surface area contributed by atoms with Crippen molar-refractivity contribution in [2.75, 3.05) is 44.9 Å². The molecule has 0 saturated carbocycles. The number of carbonyl (C=O) groups excluding carboxylic acids is 2. The van der Waals surface area contributed by atoms with Crippen LogP contribution in [-0.4, -0.2) is 86.8 Å². The molecule has 1 aliphatic rings. The zero-order valence-electron chi connectivity index (χ0n) is 23.5. The quantitative estimate of drug-likeness (QED) is 0.159. The standard InChI is InChI=1S/C28H29N9O5S/c1-3-10-36(28-33-34-35-37(28)17-7-5-4-6-8-17)11-9-29-25(39)24(38)18-14-30-23-21(18)20(40-2)15-31-22(23)19-16-43-26(32-19)27-41-12-13-42-27/h4-8,14-16,27,30H,3,9-13H2,1-2H3,(H,29,39). The molecule has 2 N–H and O–H groups in total. The first kappa shape index (κ1) is 28.4. The van der Waals surface area contributed by atoms with E-state index < -0.39 is 18.0 Å². The molecule has 0 atom stereocenters. The number of ether oxygens (including phenoxy) is 3. The zero-order valence-corrected chi connectivity index (χ0v) is 24.3. The number of aromatic amines is 1. The fourth-order valence-electron chi connectivity index (χ4n) is 4.86. The number of tetrazole rings is 1. The summed E-state index contributed by atoms with van der Waals surface area (Å²) < 4.78 is 18.3. The molecule has 15 heteroatoms. The molecule has 0 aliphatic carbocycles. The summed E-state index contributed by atoms with van der Waals surface area (Å²) in [4.78, 5) is 40.7. The number of nitrogens with one attached hydrogen (secondary N) is 2. The van der Waals surface area contributed by atoms with Gasteiger partial charge in [-0.2, -0.15) is 4.68 Å². The lowest BCUT2D eigenvalue weighted by Gasteiger charge is -2.22. The van der Waals surface area contributed by atoms with Gasteiger partial charge in [0, 0.05) is 31.2 Å². The number of ketones is 1. The molecule has 0 unspecified atom stereocenters. The van der Waals surface area contributed by atoms with Gasteiger partial charge in [-0.3, -0.25) is 9.59 Å². The summed E-state index contributed by atoms with van der Waals surface area (Å²) in [6.07, 6.45) is 3.34. The van der Waals surface area contributed by atoms with Crippen molar-refractivity contribution in [1.29, 1.82) is 0 Å². The van der Waals surface area contributed by atoms with Crippen LogP contribution in [-0.2, 0) is 14.3 Å². The molecule has 4 aromatic heterocycles. The molecule has 5 heterocycles. The van der Waals surface area contributed by atoms with Crippen molar-refractivity contribution < 1.29 is 23.8 Å². The fraction of sp³-hybridized carbons (Fsp3) is 0.321. The van der Waals surface area contributed by atoms with E-state index in [4.69, 9.17) is 14.2 Å². The third kappa shape index (κ3) is 5.69. The van der Waals surface area contributed by atoms with Crippen LogP contribution in [0.1, 0.15) is 35.0 Å². The highest BCUT2D eigenvalue weighted by Crippen LogP contribution is 2.36. The van der Waals surface area contributed by atoms with Crippen LogP contribution in [0.2, 0.25) is 0 Å². The Balaban J connectivity index is 1.18. The maximum Gasteiger partial charge on any atom is 0.292 e. The number of thiazole rings is 1. The minimum Gasteiger partial charge on any atom is -0.494 e. The third-order valence-corrected chi connectivity index (χ3v) is 7.70. The summed E-state index contributed by atoms with van der Waals surface area (Å²) >= 11 is 1.40. The second-order valence-corrected chi connectivity index (χ2v) is 10.5. The van der Waals surface area contributed by atoms with Crippen molar-refractivity contribution >= 4 is 39.9 Å². The number of para-hydroxylation sites is 1. The first-order valence-corrected chi connectivity index (χ1v) is 14.6. The van der Waals surface area contributed by atoms with Crippen molar-refractivity contribution in [3.63, 3.8) is 0 Å². The van der Waals surface area contributed by atoms with Gasteiger partial charge in [0.1, 0.15) is 22.1 Å². The Bertz CT molecular complexity index is 1730. The first-order valence-electron chi connectivity index (χ1n) is 13.7. The number of hydrogen-bond donors (Lipinski definition) is 2. The van der Waals surface area contributed by atoms with Crippen LogP contribution in [0.15, 0.2) is 48.1 Å². The minimum absolute atomic E-state index is 0.171. The van der Waals surface area contributed by atoms with E-state index in [0.29, 0.717) is 65.3 Å². The number of benzene rings is 1. The number of pyridine rings is 1. The fourth-order valence-corrected chi connectivity index (χ4v) is 5.65. The van der Waals surface area contributed by atoms with Gasteiger partial charge < -0.3 is 29.4 Å². The van der Waals surface area contributed by atoms with E-state index in [1.165, 1.54) is 30.8 Å². The van der Waals surface area contributed by atoms with E-state index >= 15 is 0 Å². The number of aromatic nitrogens is 7. The molecule has 6 rings (SSSR count). The molecule has 1 saturated heterocycles. The number of carbonyl (C=O) groups is 2. The zero-order chi connectivity index (χ0) is 29.8. The van der Waals surface area contributed by atoms with E-state index in [0.717, 1.165) is 12.1 Å². The van der Waals surface area contributed by atoms with Gasteiger partial charge >= 0.3 is 0 Å². The van der Waals surface area contributed by atoms with Crippen LogP contribution in [0.4, 0.5) is 5.95 Å². The second kappa shape index (κ2) is 12.6. The van der Waals surface area contributed by atoms with Crippen molar-refractivity contribution in [3.8, 4) is 22.8 Å². The van der Waals surface area contributed by atoms with E-state index in [1.54, 1.807) is 4.68 Å². The van der Waals surface area contributed by atoms with Crippen LogP contribution in [0, 0.1) is 0 Å². The smallest absolute Gasteiger partial charge is 0.292 e. The molecule has 0 radical (unpaired) electrons.